The number of amides is 1. The van der Waals surface area contributed by atoms with Crippen LogP contribution in [-0.2, 0) is 14.8 Å². The molecule has 114 valence electrons. The fraction of sp³-hybridized carbons (Fsp3) is 0.500. The Hall–Kier alpha value is -1.44. The van der Waals surface area contributed by atoms with Crippen molar-refractivity contribution in [2.75, 3.05) is 5.32 Å². The molecule has 6 nitrogen and oxygen atoms in total. The summed E-state index contributed by atoms with van der Waals surface area (Å²) in [5.41, 5.74) is 5.60. The van der Waals surface area contributed by atoms with Crippen molar-refractivity contribution in [3.8, 4) is 0 Å². The molecule has 0 atom stereocenters. The van der Waals surface area contributed by atoms with Gasteiger partial charge in [0, 0.05) is 11.7 Å². The van der Waals surface area contributed by atoms with Gasteiger partial charge in [0.25, 0.3) is 0 Å². The van der Waals surface area contributed by atoms with Gasteiger partial charge in [-0.1, -0.05) is 6.07 Å². The van der Waals surface area contributed by atoms with Crippen molar-refractivity contribution in [2.45, 2.75) is 48.6 Å². The highest BCUT2D eigenvalue weighted by Crippen LogP contribution is 2.30. The normalized spacial score (nSPS) is 20.6. The van der Waals surface area contributed by atoms with Crippen LogP contribution in [0.25, 0.3) is 0 Å². The number of hydrogen-bond acceptors (Lipinski definition) is 4. The van der Waals surface area contributed by atoms with Gasteiger partial charge >= 0.3 is 0 Å². The van der Waals surface area contributed by atoms with E-state index in [1.165, 1.54) is 12.1 Å². The maximum absolute atomic E-state index is 12.1. The molecule has 1 aromatic rings. The highest BCUT2D eigenvalue weighted by atomic mass is 32.2. The van der Waals surface area contributed by atoms with Crippen molar-refractivity contribution in [1.29, 1.82) is 0 Å². The average Bonchev–Trinajstić information content (AvgIpc) is 3.19. The SMILES string of the molecule is NC1(C(=O)Nc2cccc(S(=O)(=O)NC3CC3)c2)CCC1. The molecule has 2 aliphatic carbocycles. The Morgan fingerprint density at radius 3 is 2.57 bits per heavy atom. The summed E-state index contributed by atoms with van der Waals surface area (Å²) < 4.78 is 26.9. The lowest BCUT2D eigenvalue weighted by Gasteiger charge is -2.36. The molecule has 0 heterocycles. The van der Waals surface area contributed by atoms with Crippen molar-refractivity contribution >= 4 is 21.6 Å². The van der Waals surface area contributed by atoms with Crippen LogP contribution in [0.4, 0.5) is 5.69 Å². The Morgan fingerprint density at radius 2 is 2.00 bits per heavy atom. The van der Waals surface area contributed by atoms with Crippen LogP contribution in [0, 0.1) is 0 Å². The van der Waals surface area contributed by atoms with Crippen LogP contribution in [0.5, 0.6) is 0 Å². The smallest absolute Gasteiger partial charge is 0.244 e. The summed E-state index contributed by atoms with van der Waals surface area (Å²) in [6, 6.07) is 6.31. The van der Waals surface area contributed by atoms with Gasteiger partial charge in [0.1, 0.15) is 0 Å². The molecule has 2 aliphatic rings. The van der Waals surface area contributed by atoms with Crippen LogP contribution >= 0.6 is 0 Å². The predicted octanol–water partition coefficient (Wildman–Crippen LogP) is 0.947. The van der Waals surface area contributed by atoms with Gasteiger partial charge in [-0.2, -0.15) is 0 Å². The molecule has 2 fully saturated rings. The van der Waals surface area contributed by atoms with Crippen LogP contribution < -0.4 is 15.8 Å². The summed E-state index contributed by atoms with van der Waals surface area (Å²) in [4.78, 5) is 12.2. The summed E-state index contributed by atoms with van der Waals surface area (Å²) in [6.07, 6.45) is 4.04. The monoisotopic (exact) mass is 309 g/mol. The van der Waals surface area contributed by atoms with E-state index < -0.39 is 15.6 Å². The summed E-state index contributed by atoms with van der Waals surface area (Å²) in [5.74, 6) is -0.251. The van der Waals surface area contributed by atoms with Gasteiger partial charge in [-0.15, -0.1) is 0 Å². The third-order valence-corrected chi connectivity index (χ3v) is 5.52. The van der Waals surface area contributed by atoms with E-state index in [1.807, 2.05) is 0 Å². The molecule has 1 amide bonds. The molecular weight excluding hydrogens is 290 g/mol. The van der Waals surface area contributed by atoms with Crippen molar-refractivity contribution in [1.82, 2.24) is 4.72 Å². The Balaban J connectivity index is 1.75. The van der Waals surface area contributed by atoms with Crippen LogP contribution in [0.2, 0.25) is 0 Å². The van der Waals surface area contributed by atoms with Crippen molar-refractivity contribution < 1.29 is 13.2 Å². The molecule has 4 N–H and O–H groups in total. The van der Waals surface area contributed by atoms with Crippen LogP contribution in [0.1, 0.15) is 32.1 Å². The van der Waals surface area contributed by atoms with Gasteiger partial charge in [-0.05, 0) is 50.3 Å². The van der Waals surface area contributed by atoms with Gasteiger partial charge in [0.05, 0.1) is 10.4 Å². The summed E-state index contributed by atoms with van der Waals surface area (Å²) in [6.45, 7) is 0. The molecule has 7 heteroatoms. The number of carbonyl (C=O) groups excluding carboxylic acids is 1. The Labute approximate surface area is 124 Å². The van der Waals surface area contributed by atoms with E-state index in [0.29, 0.717) is 18.5 Å². The first-order chi connectivity index (χ1) is 9.89. The third kappa shape index (κ3) is 3.09. The summed E-state index contributed by atoms with van der Waals surface area (Å²) >= 11 is 0. The summed E-state index contributed by atoms with van der Waals surface area (Å²) in [5, 5.41) is 2.71. The van der Waals surface area contributed by atoms with E-state index in [1.54, 1.807) is 12.1 Å². The Kier molecular flexibility index (Phi) is 3.51. The molecule has 0 aromatic heterocycles. The van der Waals surface area contributed by atoms with Crippen LogP contribution in [-0.4, -0.2) is 25.9 Å². The first-order valence-electron chi connectivity index (χ1n) is 7.12. The quantitative estimate of drug-likeness (QED) is 0.753. The van der Waals surface area contributed by atoms with Gasteiger partial charge in [-0.3, -0.25) is 4.79 Å². The van der Waals surface area contributed by atoms with E-state index in [4.69, 9.17) is 5.73 Å². The maximum Gasteiger partial charge on any atom is 0.244 e. The zero-order valence-corrected chi connectivity index (χ0v) is 12.4. The highest BCUT2D eigenvalue weighted by molar-refractivity contribution is 7.89. The lowest BCUT2D eigenvalue weighted by Crippen LogP contribution is -2.56. The Bertz CT molecular complexity index is 664. The molecule has 3 rings (SSSR count). The molecule has 0 unspecified atom stereocenters. The largest absolute Gasteiger partial charge is 0.324 e. The number of nitrogens with two attached hydrogens (primary N) is 1. The Morgan fingerprint density at radius 1 is 1.29 bits per heavy atom. The number of sulfonamides is 1. The van der Waals surface area contributed by atoms with Crippen molar-refractivity contribution in [2.24, 2.45) is 5.73 Å². The number of hydrogen-bond donors (Lipinski definition) is 3. The van der Waals surface area contributed by atoms with E-state index >= 15 is 0 Å². The first-order valence-corrected chi connectivity index (χ1v) is 8.60. The van der Waals surface area contributed by atoms with E-state index in [0.717, 1.165) is 19.3 Å². The number of benzene rings is 1. The number of nitrogens with one attached hydrogen (secondary N) is 2. The van der Waals surface area contributed by atoms with E-state index in [-0.39, 0.29) is 16.8 Å². The zero-order chi connectivity index (χ0) is 15.1. The first kappa shape index (κ1) is 14.5. The standard InChI is InChI=1S/C14H19N3O3S/c15-14(7-2-8-14)13(18)16-11-3-1-4-12(9-11)21(19,20)17-10-5-6-10/h1,3-4,9-10,17H,2,5-8,15H2,(H,16,18). The fourth-order valence-electron chi connectivity index (χ4n) is 2.27. The maximum atomic E-state index is 12.1. The lowest BCUT2D eigenvalue weighted by atomic mass is 9.77. The third-order valence-electron chi connectivity index (χ3n) is 4.00. The minimum absolute atomic E-state index is 0.0514. The number of carbonyl (C=O) groups is 1. The van der Waals surface area contributed by atoms with Crippen LogP contribution in [0.15, 0.2) is 29.2 Å². The molecule has 1 aromatic carbocycles. The molecule has 0 saturated heterocycles. The molecule has 0 bridgehead atoms. The molecule has 21 heavy (non-hydrogen) atoms. The molecule has 0 radical (unpaired) electrons. The minimum atomic E-state index is -3.51. The zero-order valence-electron chi connectivity index (χ0n) is 11.6. The average molecular weight is 309 g/mol. The fourth-order valence-corrected chi connectivity index (χ4v) is 3.62. The van der Waals surface area contributed by atoms with Gasteiger partial charge in [0.15, 0.2) is 0 Å². The topological polar surface area (TPSA) is 101 Å². The second-order valence-electron chi connectivity index (χ2n) is 5.89. The van der Waals surface area contributed by atoms with Gasteiger partial charge in [-0.25, -0.2) is 13.1 Å². The number of anilines is 1. The molecule has 0 spiro atoms. The van der Waals surface area contributed by atoms with E-state index in [2.05, 4.69) is 10.0 Å². The number of rotatable bonds is 5. The molecular formula is C14H19N3O3S. The second kappa shape index (κ2) is 5.08. The minimum Gasteiger partial charge on any atom is -0.324 e. The van der Waals surface area contributed by atoms with Gasteiger partial charge in [0.2, 0.25) is 15.9 Å². The molecule has 0 aliphatic heterocycles. The summed E-state index contributed by atoms with van der Waals surface area (Å²) in [7, 11) is -3.51. The van der Waals surface area contributed by atoms with Crippen LogP contribution in [0.3, 0.4) is 0 Å². The lowest BCUT2D eigenvalue weighted by molar-refractivity contribution is -0.123. The predicted molar refractivity (Wildman–Crippen MR) is 79.2 cm³/mol. The van der Waals surface area contributed by atoms with Crippen molar-refractivity contribution in [3.63, 3.8) is 0 Å². The van der Waals surface area contributed by atoms with E-state index in [9.17, 15) is 13.2 Å². The van der Waals surface area contributed by atoms with Crippen molar-refractivity contribution in [3.05, 3.63) is 24.3 Å². The highest BCUT2D eigenvalue weighted by Gasteiger charge is 2.40. The van der Waals surface area contributed by atoms with Gasteiger partial charge < -0.3 is 11.1 Å². The second-order valence-corrected chi connectivity index (χ2v) is 7.60. The molecule has 2 saturated carbocycles.